The van der Waals surface area contributed by atoms with Gasteiger partial charge in [-0.15, -0.1) is 0 Å². The minimum atomic E-state index is -1.36. The van der Waals surface area contributed by atoms with Gasteiger partial charge in [0.15, 0.2) is 0 Å². The zero-order chi connectivity index (χ0) is 19.0. The van der Waals surface area contributed by atoms with Crippen LogP contribution in [0, 0.1) is 22.7 Å². The molecule has 4 nitrogen and oxygen atoms in total. The van der Waals surface area contributed by atoms with E-state index in [9.17, 15) is 15.3 Å². The van der Waals surface area contributed by atoms with Gasteiger partial charge in [0.05, 0.1) is 18.3 Å². The number of aliphatic hydroxyl groups excluding tert-OH is 2. The van der Waals surface area contributed by atoms with Gasteiger partial charge >= 0.3 is 0 Å². The topological polar surface area (TPSA) is 69.9 Å². The summed E-state index contributed by atoms with van der Waals surface area (Å²) in [5.74, 6) is -0.282. The minimum Gasteiger partial charge on any atom is -0.390 e. The highest BCUT2D eigenvalue weighted by atomic mass is 16.5. The third-order valence-corrected chi connectivity index (χ3v) is 6.82. The first-order chi connectivity index (χ1) is 11.5. The van der Waals surface area contributed by atoms with Gasteiger partial charge in [-0.25, -0.2) is 0 Å². The maximum absolute atomic E-state index is 11.1. The highest BCUT2D eigenvalue weighted by Gasteiger charge is 2.64. The Balaban J connectivity index is 2.45. The van der Waals surface area contributed by atoms with Crippen LogP contribution < -0.4 is 0 Å². The van der Waals surface area contributed by atoms with E-state index in [1.807, 2.05) is 25.2 Å². The molecule has 0 amide bonds. The highest BCUT2D eigenvalue weighted by molar-refractivity contribution is 5.24. The maximum Gasteiger partial charge on any atom is 0.109 e. The van der Waals surface area contributed by atoms with E-state index in [0.29, 0.717) is 6.61 Å². The summed E-state index contributed by atoms with van der Waals surface area (Å²) in [4.78, 5) is 0. The summed E-state index contributed by atoms with van der Waals surface area (Å²) in [6.45, 7) is 10.7. The molecule has 4 heteroatoms. The molecule has 0 unspecified atom stereocenters. The molecule has 2 fully saturated rings. The number of aliphatic hydroxyl groups is 3. The van der Waals surface area contributed by atoms with Crippen molar-refractivity contribution < 1.29 is 20.1 Å². The van der Waals surface area contributed by atoms with Gasteiger partial charge in [-0.05, 0) is 43.4 Å². The Morgan fingerprint density at radius 1 is 1.16 bits per heavy atom. The zero-order valence-electron chi connectivity index (χ0n) is 16.6. The van der Waals surface area contributed by atoms with Crippen molar-refractivity contribution in [3.63, 3.8) is 0 Å². The molecule has 2 aliphatic carbocycles. The lowest BCUT2D eigenvalue weighted by Crippen LogP contribution is -2.69. The molecule has 0 heterocycles. The van der Waals surface area contributed by atoms with Crippen LogP contribution in [0.2, 0.25) is 0 Å². The van der Waals surface area contributed by atoms with Gasteiger partial charge in [-0.1, -0.05) is 51.0 Å². The van der Waals surface area contributed by atoms with Crippen molar-refractivity contribution in [2.45, 2.75) is 71.7 Å². The molecule has 2 rings (SSSR count). The van der Waals surface area contributed by atoms with E-state index >= 15 is 0 Å². The summed E-state index contributed by atoms with van der Waals surface area (Å²) in [5.41, 5.74) is -0.636. The summed E-state index contributed by atoms with van der Waals surface area (Å²) >= 11 is 0. The Bertz CT molecular complexity index is 534. The third-order valence-electron chi connectivity index (χ3n) is 6.82. The standard InChI is InChI=1S/C21H36O4/c1-14(10-13-25-6)8-9-15-20(4)12-7-11-19(2,3)17(20)16(22)18(23)21(15,5)24/h8-10,15-18,22-24H,7,11-13H2,1-6H3/b9-8+,14-10+/t15-,16-,17+,18+,20-,21+/m1/s1. The molecule has 0 saturated heterocycles. The van der Waals surface area contributed by atoms with E-state index in [2.05, 4.69) is 20.8 Å². The predicted octanol–water partition coefficient (Wildman–Crippen LogP) is 3.07. The average molecular weight is 353 g/mol. The number of methoxy groups -OCH3 is 1. The van der Waals surface area contributed by atoms with Crippen LogP contribution in [0.4, 0.5) is 0 Å². The third kappa shape index (κ3) is 3.59. The molecule has 6 atom stereocenters. The second kappa shape index (κ2) is 7.15. The van der Waals surface area contributed by atoms with Gasteiger partial charge < -0.3 is 20.1 Å². The summed E-state index contributed by atoms with van der Waals surface area (Å²) in [6.07, 6.45) is 7.01. The van der Waals surface area contributed by atoms with Gasteiger partial charge in [0.2, 0.25) is 0 Å². The first kappa shape index (κ1) is 20.6. The lowest BCUT2D eigenvalue weighted by atomic mass is 9.44. The Morgan fingerprint density at radius 2 is 1.80 bits per heavy atom. The first-order valence-electron chi connectivity index (χ1n) is 9.41. The number of fused-ring (bicyclic) bond motifs is 1. The number of rotatable bonds is 4. The van der Waals surface area contributed by atoms with Crippen molar-refractivity contribution in [2.75, 3.05) is 13.7 Å². The van der Waals surface area contributed by atoms with E-state index < -0.39 is 17.8 Å². The Labute approximate surface area is 152 Å². The molecule has 0 bridgehead atoms. The van der Waals surface area contributed by atoms with Crippen LogP contribution in [-0.4, -0.2) is 46.8 Å². The monoisotopic (exact) mass is 352 g/mol. The summed E-state index contributed by atoms with van der Waals surface area (Å²) in [6, 6.07) is 0. The molecule has 2 aliphatic rings. The van der Waals surface area contributed by atoms with Gasteiger partial charge in [0.25, 0.3) is 0 Å². The van der Waals surface area contributed by atoms with Gasteiger partial charge in [0.1, 0.15) is 6.10 Å². The first-order valence-corrected chi connectivity index (χ1v) is 9.41. The fourth-order valence-corrected chi connectivity index (χ4v) is 5.65. The SMILES string of the molecule is COC/C=C(C)/C=C/[C@H]1[C@](C)(O)[C@@H](O)[C@H](O)[C@H]2C(C)(C)CCC[C@@]21C. The quantitative estimate of drug-likeness (QED) is 0.680. The second-order valence-corrected chi connectivity index (χ2v) is 9.23. The summed E-state index contributed by atoms with van der Waals surface area (Å²) in [7, 11) is 1.66. The van der Waals surface area contributed by atoms with Crippen LogP contribution in [-0.2, 0) is 4.74 Å². The van der Waals surface area contributed by atoms with E-state index in [0.717, 1.165) is 24.8 Å². The van der Waals surface area contributed by atoms with Crippen molar-refractivity contribution in [1.29, 1.82) is 0 Å². The van der Waals surface area contributed by atoms with Crippen molar-refractivity contribution in [3.8, 4) is 0 Å². The fourth-order valence-electron chi connectivity index (χ4n) is 5.65. The largest absolute Gasteiger partial charge is 0.390 e. The molecular weight excluding hydrogens is 316 g/mol. The molecule has 0 radical (unpaired) electrons. The van der Waals surface area contributed by atoms with E-state index in [1.165, 1.54) is 0 Å². The second-order valence-electron chi connectivity index (χ2n) is 9.23. The number of ether oxygens (including phenoxy) is 1. The minimum absolute atomic E-state index is 0.0538. The van der Waals surface area contributed by atoms with Crippen LogP contribution >= 0.6 is 0 Å². The predicted molar refractivity (Wildman–Crippen MR) is 100 cm³/mol. The van der Waals surface area contributed by atoms with Gasteiger partial charge in [0, 0.05) is 13.0 Å². The molecule has 0 aromatic rings. The number of hydrogen-bond acceptors (Lipinski definition) is 4. The molecule has 3 N–H and O–H groups in total. The molecule has 0 aromatic carbocycles. The summed E-state index contributed by atoms with van der Waals surface area (Å²) < 4.78 is 5.08. The number of hydrogen-bond donors (Lipinski definition) is 3. The lowest BCUT2D eigenvalue weighted by Gasteiger charge is -2.63. The Kier molecular flexibility index (Phi) is 5.90. The zero-order valence-corrected chi connectivity index (χ0v) is 16.6. The van der Waals surface area contributed by atoms with Crippen LogP contribution in [0.3, 0.4) is 0 Å². The van der Waals surface area contributed by atoms with Crippen molar-refractivity contribution in [3.05, 3.63) is 23.8 Å². The molecule has 0 aliphatic heterocycles. The van der Waals surface area contributed by atoms with Crippen LogP contribution in [0.1, 0.15) is 53.9 Å². The lowest BCUT2D eigenvalue weighted by molar-refractivity contribution is -0.255. The van der Waals surface area contributed by atoms with Gasteiger partial charge in [-0.2, -0.15) is 0 Å². The molecule has 0 aromatic heterocycles. The van der Waals surface area contributed by atoms with Crippen molar-refractivity contribution in [2.24, 2.45) is 22.7 Å². The maximum atomic E-state index is 11.1. The fraction of sp³-hybridized carbons (Fsp3) is 0.810. The van der Waals surface area contributed by atoms with E-state index in [4.69, 9.17) is 4.74 Å². The molecular formula is C21H36O4. The normalized spacial score (nSPS) is 44.8. The molecule has 25 heavy (non-hydrogen) atoms. The van der Waals surface area contributed by atoms with Crippen LogP contribution in [0.5, 0.6) is 0 Å². The van der Waals surface area contributed by atoms with E-state index in [1.54, 1.807) is 14.0 Å². The van der Waals surface area contributed by atoms with Gasteiger partial charge in [-0.3, -0.25) is 0 Å². The van der Waals surface area contributed by atoms with Crippen LogP contribution in [0.25, 0.3) is 0 Å². The molecule has 144 valence electrons. The van der Waals surface area contributed by atoms with E-state index in [-0.39, 0.29) is 22.7 Å². The smallest absolute Gasteiger partial charge is 0.109 e. The van der Waals surface area contributed by atoms with Crippen molar-refractivity contribution in [1.82, 2.24) is 0 Å². The number of allylic oxidation sites excluding steroid dienone is 2. The Morgan fingerprint density at radius 3 is 2.40 bits per heavy atom. The highest BCUT2D eigenvalue weighted by Crippen LogP contribution is 2.62. The molecule has 0 spiro atoms. The average Bonchev–Trinajstić information content (AvgIpc) is 2.49. The van der Waals surface area contributed by atoms with Crippen LogP contribution in [0.15, 0.2) is 23.8 Å². The summed E-state index contributed by atoms with van der Waals surface area (Å²) in [5, 5.41) is 32.7. The Hall–Kier alpha value is -0.680. The molecule has 2 saturated carbocycles. The van der Waals surface area contributed by atoms with Crippen molar-refractivity contribution >= 4 is 0 Å².